The minimum atomic E-state index is -0.509. The monoisotopic (exact) mass is 527 g/mol. The minimum absolute atomic E-state index is 0.199. The van der Waals surface area contributed by atoms with Gasteiger partial charge < -0.3 is 9.88 Å². The Bertz CT molecular complexity index is 1660. The fourth-order valence-electron chi connectivity index (χ4n) is 5.21. The number of halogens is 2. The first-order valence-corrected chi connectivity index (χ1v) is 12.8. The Kier molecular flexibility index (Phi) is 6.62. The molecule has 1 fully saturated rings. The maximum atomic E-state index is 13.5. The van der Waals surface area contributed by atoms with Gasteiger partial charge >= 0.3 is 0 Å². The summed E-state index contributed by atoms with van der Waals surface area (Å²) in [6, 6.07) is 20.1. The molecule has 2 aromatic heterocycles. The van der Waals surface area contributed by atoms with E-state index in [4.69, 9.17) is 0 Å². The van der Waals surface area contributed by atoms with Crippen LogP contribution in [0.1, 0.15) is 28.6 Å². The first kappa shape index (κ1) is 24.9. The molecular formula is C29H27F2N7O. The Morgan fingerprint density at radius 2 is 1.59 bits per heavy atom. The Morgan fingerprint density at radius 3 is 2.31 bits per heavy atom. The second-order valence-corrected chi connectivity index (χ2v) is 9.87. The average molecular weight is 528 g/mol. The van der Waals surface area contributed by atoms with Crippen LogP contribution in [0.25, 0.3) is 10.9 Å². The number of aromatic amines is 1. The number of aryl methyl sites for hydroxylation is 1. The molecule has 1 aliphatic heterocycles. The Balaban J connectivity index is 1.37. The molecule has 0 radical (unpaired) electrons. The van der Waals surface area contributed by atoms with E-state index in [2.05, 4.69) is 30.3 Å². The fourth-order valence-corrected chi connectivity index (χ4v) is 5.21. The number of aromatic nitrogens is 5. The molecule has 1 aliphatic rings. The number of rotatable bonds is 6. The molecule has 0 aliphatic carbocycles. The van der Waals surface area contributed by atoms with Crippen molar-refractivity contribution in [2.75, 3.05) is 31.1 Å². The molecule has 6 rings (SSSR count). The highest BCUT2D eigenvalue weighted by atomic mass is 19.1. The van der Waals surface area contributed by atoms with Crippen LogP contribution in [0.15, 0.2) is 77.6 Å². The van der Waals surface area contributed by atoms with Crippen molar-refractivity contribution in [1.82, 2.24) is 30.1 Å². The van der Waals surface area contributed by atoms with Gasteiger partial charge in [-0.05, 0) is 82.4 Å². The smallest absolute Gasteiger partial charge is 0.253 e. The molecular weight excluding hydrogens is 500 g/mol. The van der Waals surface area contributed by atoms with Gasteiger partial charge in [0, 0.05) is 42.9 Å². The first-order valence-electron chi connectivity index (χ1n) is 12.8. The molecule has 0 saturated carbocycles. The molecule has 39 heavy (non-hydrogen) atoms. The highest BCUT2D eigenvalue weighted by Crippen LogP contribution is 2.29. The van der Waals surface area contributed by atoms with E-state index in [0.717, 1.165) is 27.7 Å². The number of hydrogen-bond acceptors (Lipinski definition) is 6. The molecule has 198 valence electrons. The number of nitrogens with zero attached hydrogens (tertiary/aromatic N) is 6. The summed E-state index contributed by atoms with van der Waals surface area (Å²) < 4.78 is 28.6. The molecule has 1 atom stereocenters. The second-order valence-electron chi connectivity index (χ2n) is 9.87. The minimum Gasteiger partial charge on any atom is -0.369 e. The van der Waals surface area contributed by atoms with Crippen molar-refractivity contribution in [2.45, 2.75) is 19.5 Å². The van der Waals surface area contributed by atoms with Crippen LogP contribution in [0.5, 0.6) is 0 Å². The van der Waals surface area contributed by atoms with Crippen molar-refractivity contribution in [1.29, 1.82) is 0 Å². The van der Waals surface area contributed by atoms with Crippen LogP contribution < -0.4 is 10.5 Å². The lowest BCUT2D eigenvalue weighted by Crippen LogP contribution is -2.49. The zero-order chi connectivity index (χ0) is 26.9. The molecule has 0 bridgehead atoms. The van der Waals surface area contributed by atoms with Gasteiger partial charge in [-0.2, -0.15) is 0 Å². The van der Waals surface area contributed by atoms with E-state index < -0.39 is 6.04 Å². The largest absolute Gasteiger partial charge is 0.369 e. The van der Waals surface area contributed by atoms with E-state index in [1.54, 1.807) is 28.9 Å². The average Bonchev–Trinajstić information content (AvgIpc) is 3.39. The maximum Gasteiger partial charge on any atom is 0.253 e. The van der Waals surface area contributed by atoms with Crippen molar-refractivity contribution in [2.24, 2.45) is 0 Å². The predicted molar refractivity (Wildman–Crippen MR) is 145 cm³/mol. The number of nitrogens with one attached hydrogen (secondary N) is 1. The standard InChI is InChI=1S/C29H27F2N7O/c1-19-2-5-21-17-25(29(39)32-26(21)16-19)27(28-33-34-35-38(28)18-20-3-6-22(30)7-4-20)37-14-12-36(13-15-37)24-10-8-23(31)9-11-24/h2-11,16-17,27H,12-15,18H2,1H3,(H,32,39)/t27-/m1/s1. The zero-order valence-electron chi connectivity index (χ0n) is 21.4. The van der Waals surface area contributed by atoms with Crippen LogP contribution in [0, 0.1) is 18.6 Å². The third-order valence-electron chi connectivity index (χ3n) is 7.25. The van der Waals surface area contributed by atoms with Gasteiger partial charge in [0.15, 0.2) is 5.82 Å². The summed E-state index contributed by atoms with van der Waals surface area (Å²) in [4.78, 5) is 21.0. The van der Waals surface area contributed by atoms with Gasteiger partial charge in [-0.25, -0.2) is 13.5 Å². The summed E-state index contributed by atoms with van der Waals surface area (Å²) >= 11 is 0. The maximum absolute atomic E-state index is 13.5. The second kappa shape index (κ2) is 10.4. The Hall–Kier alpha value is -4.44. The van der Waals surface area contributed by atoms with Gasteiger partial charge in [-0.3, -0.25) is 9.69 Å². The van der Waals surface area contributed by atoms with Gasteiger partial charge in [0.05, 0.1) is 6.54 Å². The molecule has 0 unspecified atom stereocenters. The third-order valence-corrected chi connectivity index (χ3v) is 7.25. The quantitative estimate of drug-likeness (QED) is 0.359. The van der Waals surface area contributed by atoms with Crippen LogP contribution in [0.4, 0.5) is 14.5 Å². The molecule has 3 heterocycles. The SMILES string of the molecule is Cc1ccc2cc([C@H](c3nnnn3Cc3ccc(F)cc3)N3CCN(c4ccc(F)cc4)CC3)c(=O)[nH]c2c1. The topological polar surface area (TPSA) is 82.9 Å². The van der Waals surface area contributed by atoms with Gasteiger partial charge in [-0.1, -0.05) is 24.3 Å². The van der Waals surface area contributed by atoms with Crippen LogP contribution in [0.2, 0.25) is 0 Å². The summed E-state index contributed by atoms with van der Waals surface area (Å²) in [6.07, 6.45) is 0. The molecule has 10 heteroatoms. The van der Waals surface area contributed by atoms with Crippen LogP contribution >= 0.6 is 0 Å². The van der Waals surface area contributed by atoms with E-state index in [1.807, 2.05) is 31.2 Å². The third kappa shape index (κ3) is 5.15. The van der Waals surface area contributed by atoms with Crippen molar-refractivity contribution < 1.29 is 8.78 Å². The number of anilines is 1. The normalized spacial score (nSPS) is 15.1. The van der Waals surface area contributed by atoms with Gasteiger partial charge in [0.2, 0.25) is 0 Å². The van der Waals surface area contributed by atoms with Crippen LogP contribution in [-0.2, 0) is 6.54 Å². The van der Waals surface area contributed by atoms with E-state index >= 15 is 0 Å². The molecule has 0 spiro atoms. The lowest BCUT2D eigenvalue weighted by Gasteiger charge is -2.39. The van der Waals surface area contributed by atoms with Crippen LogP contribution in [0.3, 0.4) is 0 Å². The van der Waals surface area contributed by atoms with Crippen molar-refractivity contribution in [3.05, 3.63) is 117 Å². The summed E-state index contributed by atoms with van der Waals surface area (Å²) in [5.74, 6) is -0.0480. The number of tetrazole rings is 1. The predicted octanol–water partition coefficient (Wildman–Crippen LogP) is 4.06. The number of benzene rings is 3. The Labute approximate surface area is 223 Å². The van der Waals surface area contributed by atoms with E-state index in [0.29, 0.717) is 44.1 Å². The fraction of sp³-hybridized carbons (Fsp3) is 0.241. The van der Waals surface area contributed by atoms with Gasteiger partial charge in [0.1, 0.15) is 17.7 Å². The highest BCUT2D eigenvalue weighted by molar-refractivity contribution is 5.79. The van der Waals surface area contributed by atoms with E-state index in [1.165, 1.54) is 24.3 Å². The lowest BCUT2D eigenvalue weighted by atomic mass is 10.0. The zero-order valence-corrected chi connectivity index (χ0v) is 21.4. The molecule has 8 nitrogen and oxygen atoms in total. The number of hydrogen-bond donors (Lipinski definition) is 1. The highest BCUT2D eigenvalue weighted by Gasteiger charge is 2.33. The van der Waals surface area contributed by atoms with Crippen molar-refractivity contribution in [3.8, 4) is 0 Å². The van der Waals surface area contributed by atoms with E-state index in [-0.39, 0.29) is 17.2 Å². The van der Waals surface area contributed by atoms with Gasteiger partial charge in [-0.15, -0.1) is 5.10 Å². The van der Waals surface area contributed by atoms with Crippen molar-refractivity contribution in [3.63, 3.8) is 0 Å². The van der Waals surface area contributed by atoms with Gasteiger partial charge in [0.25, 0.3) is 5.56 Å². The molecule has 3 aromatic carbocycles. The van der Waals surface area contributed by atoms with Crippen LogP contribution in [-0.4, -0.2) is 56.3 Å². The number of fused-ring (bicyclic) bond motifs is 1. The molecule has 1 N–H and O–H groups in total. The summed E-state index contributed by atoms with van der Waals surface area (Å²) in [5.41, 5.74) is 3.98. The summed E-state index contributed by atoms with van der Waals surface area (Å²) in [7, 11) is 0. The summed E-state index contributed by atoms with van der Waals surface area (Å²) in [6.45, 7) is 4.96. The van der Waals surface area contributed by atoms with Crippen molar-refractivity contribution >= 4 is 16.6 Å². The number of piperazine rings is 1. The number of H-pyrrole nitrogens is 1. The van der Waals surface area contributed by atoms with E-state index in [9.17, 15) is 13.6 Å². The summed E-state index contributed by atoms with van der Waals surface area (Å²) in [5, 5.41) is 13.5. The molecule has 1 saturated heterocycles. The first-order chi connectivity index (χ1) is 18.9. The lowest BCUT2D eigenvalue weighted by molar-refractivity contribution is 0.200. The Morgan fingerprint density at radius 1 is 0.897 bits per heavy atom. The molecule has 0 amide bonds. The molecule has 5 aromatic rings. The number of pyridine rings is 1.